The van der Waals surface area contributed by atoms with Gasteiger partial charge in [-0.1, -0.05) is 20.8 Å². The van der Waals surface area contributed by atoms with Crippen LogP contribution in [0, 0.1) is 17.3 Å². The van der Waals surface area contributed by atoms with Crippen LogP contribution in [-0.4, -0.2) is 50.8 Å². The van der Waals surface area contributed by atoms with E-state index in [9.17, 15) is 0 Å². The van der Waals surface area contributed by atoms with Crippen molar-refractivity contribution in [2.75, 3.05) is 45.9 Å². The number of nitrogens with one attached hydrogen (secondary N) is 1. The summed E-state index contributed by atoms with van der Waals surface area (Å²) in [6.45, 7) is 15.0. The summed E-state index contributed by atoms with van der Waals surface area (Å²) in [5.74, 6) is 1.79. The first-order chi connectivity index (χ1) is 10.2. The van der Waals surface area contributed by atoms with Gasteiger partial charge in [0.05, 0.1) is 6.61 Å². The standard InChI is InChI=1S/C18H36N2O/c1-4-9-19-13-18(8-5-12-21-15-18)14-20-10-6-17(7-11-20)16(2)3/h16-17,19H,4-15H2,1-3H3. The van der Waals surface area contributed by atoms with Gasteiger partial charge in [0.1, 0.15) is 0 Å². The third-order valence-electron chi connectivity index (χ3n) is 5.46. The first-order valence-electron chi connectivity index (χ1n) is 9.16. The van der Waals surface area contributed by atoms with E-state index in [0.29, 0.717) is 5.41 Å². The Bertz CT molecular complexity index is 279. The van der Waals surface area contributed by atoms with Gasteiger partial charge in [0.25, 0.3) is 0 Å². The summed E-state index contributed by atoms with van der Waals surface area (Å²) in [4.78, 5) is 2.71. The van der Waals surface area contributed by atoms with Crippen LogP contribution in [0.2, 0.25) is 0 Å². The third kappa shape index (κ3) is 5.22. The molecule has 0 aromatic carbocycles. The SMILES string of the molecule is CCCNCC1(CN2CCC(C(C)C)CC2)CCCOC1. The minimum Gasteiger partial charge on any atom is -0.381 e. The van der Waals surface area contributed by atoms with Gasteiger partial charge in [0, 0.05) is 25.1 Å². The lowest BCUT2D eigenvalue weighted by Crippen LogP contribution is -2.50. The quantitative estimate of drug-likeness (QED) is 0.730. The maximum absolute atomic E-state index is 5.85. The van der Waals surface area contributed by atoms with Gasteiger partial charge in [-0.25, -0.2) is 0 Å². The Balaban J connectivity index is 1.84. The fourth-order valence-corrected chi connectivity index (χ4v) is 4.01. The molecule has 2 aliphatic heterocycles. The fraction of sp³-hybridized carbons (Fsp3) is 1.00. The second-order valence-corrected chi connectivity index (χ2v) is 7.69. The van der Waals surface area contributed by atoms with Crippen LogP contribution >= 0.6 is 0 Å². The van der Waals surface area contributed by atoms with Gasteiger partial charge >= 0.3 is 0 Å². The average Bonchev–Trinajstić information content (AvgIpc) is 2.49. The Morgan fingerprint density at radius 1 is 1.29 bits per heavy atom. The van der Waals surface area contributed by atoms with Crippen LogP contribution in [0.4, 0.5) is 0 Å². The second kappa shape index (κ2) is 8.50. The van der Waals surface area contributed by atoms with Crippen LogP contribution in [0.3, 0.4) is 0 Å². The monoisotopic (exact) mass is 296 g/mol. The highest BCUT2D eigenvalue weighted by molar-refractivity contribution is 4.89. The minimum atomic E-state index is 0.359. The highest BCUT2D eigenvalue weighted by Crippen LogP contribution is 2.32. The van der Waals surface area contributed by atoms with Crippen molar-refractivity contribution >= 4 is 0 Å². The molecule has 3 nitrogen and oxygen atoms in total. The van der Waals surface area contributed by atoms with Crippen LogP contribution in [0.15, 0.2) is 0 Å². The smallest absolute Gasteiger partial charge is 0.0546 e. The fourth-order valence-electron chi connectivity index (χ4n) is 4.01. The molecule has 0 radical (unpaired) electrons. The number of hydrogen-bond donors (Lipinski definition) is 1. The van der Waals surface area contributed by atoms with Crippen molar-refractivity contribution in [3.8, 4) is 0 Å². The first-order valence-corrected chi connectivity index (χ1v) is 9.16. The molecule has 0 spiro atoms. The van der Waals surface area contributed by atoms with Crippen molar-refractivity contribution in [3.05, 3.63) is 0 Å². The Hall–Kier alpha value is -0.120. The van der Waals surface area contributed by atoms with Crippen LogP contribution in [0.25, 0.3) is 0 Å². The Morgan fingerprint density at radius 2 is 2.05 bits per heavy atom. The van der Waals surface area contributed by atoms with Crippen molar-refractivity contribution in [1.82, 2.24) is 10.2 Å². The molecule has 0 aliphatic carbocycles. The van der Waals surface area contributed by atoms with E-state index in [4.69, 9.17) is 4.74 Å². The summed E-state index contributed by atoms with van der Waals surface area (Å²) in [6.07, 6.45) is 6.55. The summed E-state index contributed by atoms with van der Waals surface area (Å²) in [5.41, 5.74) is 0.359. The average molecular weight is 296 g/mol. The molecule has 2 rings (SSSR count). The van der Waals surface area contributed by atoms with Crippen molar-refractivity contribution in [2.45, 2.75) is 52.9 Å². The highest BCUT2D eigenvalue weighted by Gasteiger charge is 2.35. The van der Waals surface area contributed by atoms with Gasteiger partial charge in [-0.2, -0.15) is 0 Å². The topological polar surface area (TPSA) is 24.5 Å². The summed E-state index contributed by atoms with van der Waals surface area (Å²) in [7, 11) is 0. The highest BCUT2D eigenvalue weighted by atomic mass is 16.5. The molecule has 21 heavy (non-hydrogen) atoms. The Morgan fingerprint density at radius 3 is 2.62 bits per heavy atom. The number of nitrogens with zero attached hydrogens (tertiary/aromatic N) is 1. The van der Waals surface area contributed by atoms with Crippen LogP contribution in [-0.2, 0) is 4.74 Å². The maximum Gasteiger partial charge on any atom is 0.0546 e. The molecule has 0 saturated carbocycles. The minimum absolute atomic E-state index is 0.359. The summed E-state index contributed by atoms with van der Waals surface area (Å²) in [6, 6.07) is 0. The molecule has 0 aromatic heterocycles. The van der Waals surface area contributed by atoms with E-state index in [1.165, 1.54) is 51.7 Å². The van der Waals surface area contributed by atoms with Gasteiger partial charge in [-0.3, -0.25) is 0 Å². The number of hydrogen-bond acceptors (Lipinski definition) is 3. The molecule has 2 saturated heterocycles. The molecule has 2 aliphatic rings. The molecule has 1 atom stereocenters. The summed E-state index contributed by atoms with van der Waals surface area (Å²) < 4.78 is 5.85. The number of likely N-dealkylation sites (tertiary alicyclic amines) is 1. The van der Waals surface area contributed by atoms with Gasteiger partial charge in [0.15, 0.2) is 0 Å². The molecular formula is C18H36N2O. The van der Waals surface area contributed by atoms with Crippen LogP contribution in [0.1, 0.15) is 52.9 Å². The largest absolute Gasteiger partial charge is 0.381 e. The van der Waals surface area contributed by atoms with Gasteiger partial charge in [0.2, 0.25) is 0 Å². The van der Waals surface area contributed by atoms with Gasteiger partial charge in [-0.15, -0.1) is 0 Å². The van der Waals surface area contributed by atoms with E-state index in [1.54, 1.807) is 0 Å². The van der Waals surface area contributed by atoms with Crippen LogP contribution < -0.4 is 5.32 Å². The molecule has 3 heteroatoms. The van der Waals surface area contributed by atoms with E-state index in [2.05, 4.69) is 31.0 Å². The Kier molecular flexibility index (Phi) is 6.97. The molecular weight excluding hydrogens is 260 g/mol. The Labute approximate surface area is 131 Å². The lowest BCUT2D eigenvalue weighted by Gasteiger charge is -2.43. The number of ether oxygens (including phenoxy) is 1. The first kappa shape index (κ1) is 17.2. The molecule has 0 amide bonds. The van der Waals surface area contributed by atoms with Gasteiger partial charge < -0.3 is 15.0 Å². The van der Waals surface area contributed by atoms with Crippen molar-refractivity contribution in [1.29, 1.82) is 0 Å². The second-order valence-electron chi connectivity index (χ2n) is 7.69. The lowest BCUT2D eigenvalue weighted by molar-refractivity contribution is -0.0316. The molecule has 2 fully saturated rings. The van der Waals surface area contributed by atoms with E-state index in [1.807, 2.05) is 0 Å². The molecule has 1 N–H and O–H groups in total. The zero-order chi connectivity index (χ0) is 15.1. The van der Waals surface area contributed by atoms with E-state index < -0.39 is 0 Å². The van der Waals surface area contributed by atoms with Crippen molar-refractivity contribution in [3.63, 3.8) is 0 Å². The molecule has 1 unspecified atom stereocenters. The maximum atomic E-state index is 5.85. The van der Waals surface area contributed by atoms with Crippen LogP contribution in [0.5, 0.6) is 0 Å². The molecule has 0 bridgehead atoms. The number of rotatable bonds is 7. The third-order valence-corrected chi connectivity index (χ3v) is 5.46. The summed E-state index contributed by atoms with van der Waals surface area (Å²) >= 11 is 0. The molecule has 2 heterocycles. The predicted molar refractivity (Wildman–Crippen MR) is 89.6 cm³/mol. The van der Waals surface area contributed by atoms with Gasteiger partial charge in [-0.05, 0) is 63.6 Å². The predicted octanol–water partition coefficient (Wildman–Crippen LogP) is 3.15. The molecule has 124 valence electrons. The summed E-state index contributed by atoms with van der Waals surface area (Å²) in [5, 5.41) is 3.66. The van der Waals surface area contributed by atoms with E-state index in [0.717, 1.165) is 38.1 Å². The van der Waals surface area contributed by atoms with E-state index in [-0.39, 0.29) is 0 Å². The number of piperidine rings is 1. The molecule has 0 aromatic rings. The van der Waals surface area contributed by atoms with Crippen molar-refractivity contribution < 1.29 is 4.74 Å². The van der Waals surface area contributed by atoms with E-state index >= 15 is 0 Å². The van der Waals surface area contributed by atoms with Crippen molar-refractivity contribution in [2.24, 2.45) is 17.3 Å². The normalized spacial score (nSPS) is 29.1. The zero-order valence-electron chi connectivity index (χ0n) is 14.5. The zero-order valence-corrected chi connectivity index (χ0v) is 14.5. The lowest BCUT2D eigenvalue weighted by atomic mass is 9.80.